The summed E-state index contributed by atoms with van der Waals surface area (Å²) in [5, 5.41) is 23.8. The van der Waals surface area contributed by atoms with Crippen LogP contribution < -0.4 is 5.73 Å². The predicted octanol–water partition coefficient (Wildman–Crippen LogP) is 1.08. The minimum atomic E-state index is -0.942. The molecular formula is C14H24N2O5. The number of rotatable bonds is 4. The number of aliphatic hydroxyl groups excluding tert-OH is 1. The van der Waals surface area contributed by atoms with Crippen LogP contribution in [0.5, 0.6) is 0 Å². The average Bonchev–Trinajstić information content (AvgIpc) is 2.49. The molecule has 7 nitrogen and oxygen atoms in total. The third-order valence-corrected chi connectivity index (χ3v) is 2.81. The topological polar surface area (TPSA) is 134 Å². The molecule has 0 saturated carbocycles. The van der Waals surface area contributed by atoms with E-state index in [4.69, 9.17) is 21.1 Å². The molecule has 2 atom stereocenters. The molecule has 21 heavy (non-hydrogen) atoms. The maximum atomic E-state index is 10.3. The van der Waals surface area contributed by atoms with Crippen LogP contribution in [0.1, 0.15) is 31.1 Å². The predicted molar refractivity (Wildman–Crippen MR) is 79.0 cm³/mol. The maximum Gasteiger partial charge on any atom is 0.337 e. The van der Waals surface area contributed by atoms with Crippen molar-refractivity contribution in [3.8, 4) is 0 Å². The van der Waals surface area contributed by atoms with Gasteiger partial charge in [0.15, 0.2) is 0 Å². The lowest BCUT2D eigenvalue weighted by Crippen LogP contribution is -2.38. The first-order valence-corrected chi connectivity index (χ1v) is 6.33. The Hall–Kier alpha value is -1.99. The quantitative estimate of drug-likeness (QED) is 0.653. The highest BCUT2D eigenvalue weighted by molar-refractivity contribution is 5.86. The third-order valence-electron chi connectivity index (χ3n) is 2.81. The number of pyridine rings is 1. The molecule has 5 N–H and O–H groups in total. The molecule has 0 bridgehead atoms. The first-order valence-electron chi connectivity index (χ1n) is 6.33. The summed E-state index contributed by atoms with van der Waals surface area (Å²) in [4.78, 5) is 24.1. The molecule has 0 unspecified atom stereocenters. The molecule has 0 aliphatic rings. The zero-order valence-electron chi connectivity index (χ0n) is 12.7. The highest BCUT2D eigenvalue weighted by atomic mass is 16.4. The van der Waals surface area contributed by atoms with Crippen molar-refractivity contribution in [2.24, 2.45) is 17.6 Å². The van der Waals surface area contributed by atoms with Gasteiger partial charge in [-0.1, -0.05) is 20.8 Å². The summed E-state index contributed by atoms with van der Waals surface area (Å²) in [6, 6.07) is 2.36. The maximum absolute atomic E-state index is 10.3. The standard InChI is InChI=1S/C7H15NO2.C6H5NO2.CH4O/c1-4(2)5(3)6(8)7(9)10;8-6(9)5-2-1-3-7-4-5;1-2/h4-6H,8H2,1-3H3,(H,9,10);1-4H,(H,8,9);2H,1H3/t5-,6-;;/m0../s1. The summed E-state index contributed by atoms with van der Waals surface area (Å²) in [6.07, 6.45) is 2.84. The van der Waals surface area contributed by atoms with Gasteiger partial charge in [-0.15, -0.1) is 0 Å². The van der Waals surface area contributed by atoms with Crippen molar-refractivity contribution in [2.75, 3.05) is 7.11 Å². The third kappa shape index (κ3) is 9.53. The summed E-state index contributed by atoms with van der Waals surface area (Å²) >= 11 is 0. The molecule has 1 aromatic rings. The Morgan fingerprint density at radius 1 is 1.19 bits per heavy atom. The molecule has 0 fully saturated rings. The van der Waals surface area contributed by atoms with Crippen molar-refractivity contribution in [1.82, 2.24) is 4.98 Å². The minimum Gasteiger partial charge on any atom is -0.480 e. The van der Waals surface area contributed by atoms with Gasteiger partial charge in [0, 0.05) is 19.5 Å². The molecule has 0 saturated heterocycles. The first-order chi connectivity index (χ1) is 9.77. The summed E-state index contributed by atoms with van der Waals surface area (Å²) in [7, 11) is 1.00. The second-order valence-corrected chi connectivity index (χ2v) is 4.51. The number of hydrogen-bond acceptors (Lipinski definition) is 5. The molecule has 1 aromatic heterocycles. The molecule has 0 aromatic carbocycles. The van der Waals surface area contributed by atoms with Gasteiger partial charge < -0.3 is 21.1 Å². The van der Waals surface area contributed by atoms with Crippen LogP contribution in [0.4, 0.5) is 0 Å². The molecule has 1 heterocycles. The molecule has 0 aliphatic carbocycles. The Kier molecular flexibility index (Phi) is 12.0. The lowest BCUT2D eigenvalue weighted by molar-refractivity contribution is -0.140. The van der Waals surface area contributed by atoms with E-state index in [-0.39, 0.29) is 11.5 Å². The molecule has 0 spiro atoms. The van der Waals surface area contributed by atoms with Crippen LogP contribution in [-0.2, 0) is 4.79 Å². The van der Waals surface area contributed by atoms with Crippen molar-refractivity contribution < 1.29 is 24.9 Å². The zero-order chi connectivity index (χ0) is 17.0. The fourth-order valence-corrected chi connectivity index (χ4v) is 1.13. The minimum absolute atomic E-state index is 0.0394. The van der Waals surface area contributed by atoms with Gasteiger partial charge in [-0.3, -0.25) is 9.78 Å². The lowest BCUT2D eigenvalue weighted by Gasteiger charge is -2.18. The van der Waals surface area contributed by atoms with E-state index < -0.39 is 18.0 Å². The Morgan fingerprint density at radius 2 is 1.71 bits per heavy atom. The number of carboxylic acids is 2. The monoisotopic (exact) mass is 300 g/mol. The molecule has 0 radical (unpaired) electrons. The molecule has 0 amide bonds. The van der Waals surface area contributed by atoms with Gasteiger partial charge in [0.25, 0.3) is 0 Å². The van der Waals surface area contributed by atoms with Gasteiger partial charge in [-0.25, -0.2) is 4.79 Å². The van der Waals surface area contributed by atoms with E-state index in [1.165, 1.54) is 18.5 Å². The number of nitrogens with two attached hydrogens (primary N) is 1. The Labute approximate surface area is 124 Å². The van der Waals surface area contributed by atoms with Crippen LogP contribution in [0.3, 0.4) is 0 Å². The van der Waals surface area contributed by atoms with Crippen LogP contribution in [-0.4, -0.2) is 45.4 Å². The van der Waals surface area contributed by atoms with Crippen LogP contribution >= 0.6 is 0 Å². The number of aliphatic carboxylic acids is 1. The molecular weight excluding hydrogens is 276 g/mol. The number of carbonyl (C=O) groups is 2. The highest BCUT2D eigenvalue weighted by Gasteiger charge is 2.21. The van der Waals surface area contributed by atoms with Crippen LogP contribution in [0.15, 0.2) is 24.5 Å². The fraction of sp³-hybridized carbons (Fsp3) is 0.500. The number of hydrogen-bond donors (Lipinski definition) is 4. The molecule has 1 rings (SSSR count). The number of carboxylic acid groups (broad SMARTS) is 2. The Bertz CT molecular complexity index is 409. The normalized spacial score (nSPS) is 12.1. The van der Waals surface area contributed by atoms with E-state index in [0.29, 0.717) is 5.92 Å². The van der Waals surface area contributed by atoms with Crippen molar-refractivity contribution in [3.05, 3.63) is 30.1 Å². The van der Waals surface area contributed by atoms with Crippen LogP contribution in [0, 0.1) is 11.8 Å². The van der Waals surface area contributed by atoms with Crippen molar-refractivity contribution in [3.63, 3.8) is 0 Å². The summed E-state index contributed by atoms with van der Waals surface area (Å²) in [6.45, 7) is 5.78. The second-order valence-electron chi connectivity index (χ2n) is 4.51. The van der Waals surface area contributed by atoms with Gasteiger partial charge in [0.05, 0.1) is 5.56 Å². The van der Waals surface area contributed by atoms with Gasteiger partial charge in [-0.2, -0.15) is 0 Å². The SMILES string of the molecule is CC(C)[C@H](C)[C@H](N)C(=O)O.CO.O=C(O)c1cccnc1. The number of nitrogens with zero attached hydrogens (tertiary/aromatic N) is 1. The Balaban J connectivity index is 0. The first kappa shape index (κ1) is 21.3. The number of aromatic nitrogens is 1. The largest absolute Gasteiger partial charge is 0.480 e. The van der Waals surface area contributed by atoms with Gasteiger partial charge in [0.2, 0.25) is 0 Å². The number of aliphatic hydroxyl groups is 1. The second kappa shape index (κ2) is 11.8. The van der Waals surface area contributed by atoms with E-state index in [2.05, 4.69) is 4.98 Å². The van der Waals surface area contributed by atoms with E-state index in [9.17, 15) is 9.59 Å². The number of aromatic carboxylic acids is 1. The van der Waals surface area contributed by atoms with Crippen molar-refractivity contribution >= 4 is 11.9 Å². The van der Waals surface area contributed by atoms with E-state index in [0.717, 1.165) is 7.11 Å². The molecule has 0 aliphatic heterocycles. The van der Waals surface area contributed by atoms with Crippen LogP contribution in [0.2, 0.25) is 0 Å². The van der Waals surface area contributed by atoms with Gasteiger partial charge >= 0.3 is 11.9 Å². The van der Waals surface area contributed by atoms with Gasteiger partial charge in [-0.05, 0) is 24.0 Å². The lowest BCUT2D eigenvalue weighted by atomic mass is 9.91. The van der Waals surface area contributed by atoms with E-state index in [1.807, 2.05) is 20.8 Å². The van der Waals surface area contributed by atoms with Gasteiger partial charge in [0.1, 0.15) is 6.04 Å². The molecule has 120 valence electrons. The highest BCUT2D eigenvalue weighted by Crippen LogP contribution is 2.12. The Morgan fingerprint density at radius 3 is 1.90 bits per heavy atom. The van der Waals surface area contributed by atoms with Crippen LogP contribution in [0.25, 0.3) is 0 Å². The average molecular weight is 300 g/mol. The van der Waals surface area contributed by atoms with E-state index in [1.54, 1.807) is 6.07 Å². The van der Waals surface area contributed by atoms with Crippen molar-refractivity contribution in [1.29, 1.82) is 0 Å². The summed E-state index contributed by atoms with van der Waals surface area (Å²) < 4.78 is 0. The van der Waals surface area contributed by atoms with E-state index >= 15 is 0 Å². The summed E-state index contributed by atoms with van der Waals surface area (Å²) in [5.74, 6) is -1.49. The fourth-order valence-electron chi connectivity index (χ4n) is 1.13. The zero-order valence-corrected chi connectivity index (χ0v) is 12.7. The smallest absolute Gasteiger partial charge is 0.337 e. The molecule has 7 heteroatoms. The summed E-state index contributed by atoms with van der Waals surface area (Å²) in [5.41, 5.74) is 5.58. The van der Waals surface area contributed by atoms with Crippen molar-refractivity contribution in [2.45, 2.75) is 26.8 Å².